The van der Waals surface area contributed by atoms with Gasteiger partial charge in [-0.2, -0.15) is 0 Å². The highest BCUT2D eigenvalue weighted by molar-refractivity contribution is 14.0. The van der Waals surface area contributed by atoms with Crippen molar-refractivity contribution in [2.45, 2.75) is 71.0 Å². The Morgan fingerprint density at radius 1 is 1.03 bits per heavy atom. The number of anilines is 1. The number of guanidine groups is 1. The van der Waals surface area contributed by atoms with E-state index in [1.165, 1.54) is 25.7 Å². The van der Waals surface area contributed by atoms with Gasteiger partial charge in [0.2, 0.25) is 0 Å². The van der Waals surface area contributed by atoms with Gasteiger partial charge in [0.15, 0.2) is 11.8 Å². The van der Waals surface area contributed by atoms with Gasteiger partial charge in [-0.3, -0.25) is 0 Å². The maximum Gasteiger partial charge on any atom is 0.192 e. The van der Waals surface area contributed by atoms with Crippen LogP contribution in [0.15, 0.2) is 23.2 Å². The average molecular weight is 538 g/mol. The van der Waals surface area contributed by atoms with Crippen LogP contribution in [0, 0.1) is 13.8 Å². The number of aryl methyl sites for hydroxylation is 2. The van der Waals surface area contributed by atoms with E-state index in [0.29, 0.717) is 18.6 Å². The summed E-state index contributed by atoms with van der Waals surface area (Å²) in [5.41, 5.74) is 1.07. The van der Waals surface area contributed by atoms with Crippen molar-refractivity contribution in [2.75, 3.05) is 18.0 Å². The summed E-state index contributed by atoms with van der Waals surface area (Å²) >= 11 is 0. The Morgan fingerprint density at radius 2 is 1.71 bits per heavy atom. The molecule has 0 atom stereocenters. The smallest absolute Gasteiger partial charge is 0.192 e. The lowest BCUT2D eigenvalue weighted by Crippen LogP contribution is -2.50. The molecule has 2 aliphatic rings. The zero-order chi connectivity index (χ0) is 20.9. The second-order valence-corrected chi connectivity index (χ2v) is 8.56. The Hall–Kier alpha value is -1.91. The minimum atomic E-state index is 0. The number of aromatic nitrogens is 4. The largest absolute Gasteiger partial charge is 0.356 e. The molecule has 2 aromatic rings. The molecule has 8 nitrogen and oxygen atoms in total. The summed E-state index contributed by atoms with van der Waals surface area (Å²) in [4.78, 5) is 11.9. The molecule has 2 N–H and O–H groups in total. The molecule has 0 radical (unpaired) electrons. The fraction of sp³-hybridized carbons (Fsp3) is 0.636. The van der Waals surface area contributed by atoms with Crippen LogP contribution in [0.25, 0.3) is 0 Å². The van der Waals surface area contributed by atoms with E-state index in [9.17, 15) is 0 Å². The number of piperidine rings is 1. The molecule has 0 unspecified atom stereocenters. The standard InChI is InChI=1S/C22H34N8.HI/c1-16-7-6-10-20(24-16)30-13-11-19(12-14-30)26-22(25-18-8-4-5-9-18)23-15-21-28-27-17(2)29(21)3;/h6-7,10,18-19H,4-5,8-9,11-15H2,1-3H3,(H2,23,25,26);1H. The molecule has 2 aromatic heterocycles. The van der Waals surface area contributed by atoms with E-state index >= 15 is 0 Å². The van der Waals surface area contributed by atoms with Crippen LogP contribution in [0.5, 0.6) is 0 Å². The van der Waals surface area contributed by atoms with Gasteiger partial charge in [-0.1, -0.05) is 18.9 Å². The Bertz CT molecular complexity index is 866. The quantitative estimate of drug-likeness (QED) is 0.346. The number of hydrogen-bond acceptors (Lipinski definition) is 5. The summed E-state index contributed by atoms with van der Waals surface area (Å²) < 4.78 is 2.00. The summed E-state index contributed by atoms with van der Waals surface area (Å²) in [5, 5.41) is 15.8. The van der Waals surface area contributed by atoms with Crippen molar-refractivity contribution in [1.29, 1.82) is 0 Å². The lowest BCUT2D eigenvalue weighted by atomic mass is 10.1. The van der Waals surface area contributed by atoms with Crippen molar-refractivity contribution >= 4 is 35.8 Å². The molecular weight excluding hydrogens is 503 g/mol. The molecule has 9 heteroatoms. The van der Waals surface area contributed by atoms with E-state index in [-0.39, 0.29) is 24.0 Å². The van der Waals surface area contributed by atoms with Gasteiger partial charge in [-0.05, 0) is 51.7 Å². The van der Waals surface area contributed by atoms with Crippen molar-refractivity contribution in [3.8, 4) is 0 Å². The second kappa shape index (κ2) is 11.1. The fourth-order valence-corrected chi connectivity index (χ4v) is 4.29. The molecule has 0 aromatic carbocycles. The van der Waals surface area contributed by atoms with Gasteiger partial charge in [-0.15, -0.1) is 34.2 Å². The van der Waals surface area contributed by atoms with E-state index < -0.39 is 0 Å². The van der Waals surface area contributed by atoms with E-state index in [1.54, 1.807) is 0 Å². The Balaban J connectivity index is 0.00000272. The summed E-state index contributed by atoms with van der Waals surface area (Å²) in [7, 11) is 1.99. The normalized spacial score (nSPS) is 18.2. The summed E-state index contributed by atoms with van der Waals surface area (Å²) in [6.45, 7) is 6.56. The maximum atomic E-state index is 4.86. The topological polar surface area (TPSA) is 83.3 Å². The lowest BCUT2D eigenvalue weighted by molar-refractivity contribution is 0.454. The van der Waals surface area contributed by atoms with Crippen LogP contribution < -0.4 is 15.5 Å². The maximum absolute atomic E-state index is 4.86. The number of nitrogens with one attached hydrogen (secondary N) is 2. The van der Waals surface area contributed by atoms with Crippen LogP contribution in [-0.4, -0.2) is 50.9 Å². The van der Waals surface area contributed by atoms with Gasteiger partial charge in [-0.25, -0.2) is 9.98 Å². The van der Waals surface area contributed by atoms with Crippen LogP contribution in [0.4, 0.5) is 5.82 Å². The lowest BCUT2D eigenvalue weighted by Gasteiger charge is -2.34. The molecule has 2 fully saturated rings. The van der Waals surface area contributed by atoms with E-state index in [0.717, 1.165) is 55.1 Å². The molecule has 31 heavy (non-hydrogen) atoms. The third-order valence-corrected chi connectivity index (χ3v) is 6.29. The number of rotatable bonds is 5. The van der Waals surface area contributed by atoms with Crippen LogP contribution in [0.3, 0.4) is 0 Å². The number of pyridine rings is 1. The van der Waals surface area contributed by atoms with Crippen LogP contribution in [0.2, 0.25) is 0 Å². The van der Waals surface area contributed by atoms with Gasteiger partial charge in [0, 0.05) is 37.9 Å². The van der Waals surface area contributed by atoms with Crippen molar-refractivity contribution in [2.24, 2.45) is 12.0 Å². The third-order valence-electron chi connectivity index (χ3n) is 6.29. The third kappa shape index (κ3) is 6.30. The highest BCUT2D eigenvalue weighted by atomic mass is 127. The minimum Gasteiger partial charge on any atom is -0.356 e. The molecule has 1 saturated heterocycles. The molecular formula is C22H35IN8. The molecule has 1 saturated carbocycles. The van der Waals surface area contributed by atoms with Gasteiger partial charge in [0.25, 0.3) is 0 Å². The highest BCUT2D eigenvalue weighted by Gasteiger charge is 2.23. The first kappa shape index (κ1) is 23.7. The minimum absolute atomic E-state index is 0. The monoisotopic (exact) mass is 538 g/mol. The van der Waals surface area contributed by atoms with Gasteiger partial charge >= 0.3 is 0 Å². The van der Waals surface area contributed by atoms with E-state index in [2.05, 4.69) is 42.8 Å². The highest BCUT2D eigenvalue weighted by Crippen LogP contribution is 2.19. The summed E-state index contributed by atoms with van der Waals surface area (Å²) in [6, 6.07) is 7.19. The zero-order valence-electron chi connectivity index (χ0n) is 18.8. The zero-order valence-corrected chi connectivity index (χ0v) is 21.2. The van der Waals surface area contributed by atoms with Crippen LogP contribution in [0.1, 0.15) is 55.9 Å². The molecule has 170 valence electrons. The number of aliphatic imine (C=N–C) groups is 1. The van der Waals surface area contributed by atoms with Crippen molar-refractivity contribution in [3.05, 3.63) is 35.5 Å². The SMILES string of the molecule is Cc1cccc(N2CCC(NC(=NCc3nnc(C)n3C)NC3CCCC3)CC2)n1.I. The molecule has 1 aliphatic carbocycles. The van der Waals surface area contributed by atoms with Gasteiger partial charge in [0.05, 0.1) is 0 Å². The molecule has 4 rings (SSSR count). The first-order chi connectivity index (χ1) is 14.6. The fourth-order valence-electron chi connectivity index (χ4n) is 4.29. The van der Waals surface area contributed by atoms with Crippen molar-refractivity contribution in [1.82, 2.24) is 30.4 Å². The molecule has 0 amide bonds. The predicted octanol–water partition coefficient (Wildman–Crippen LogP) is 3.09. The van der Waals surface area contributed by atoms with Crippen LogP contribution >= 0.6 is 24.0 Å². The molecule has 1 aliphatic heterocycles. The average Bonchev–Trinajstić information content (AvgIpc) is 3.37. The van der Waals surface area contributed by atoms with Crippen LogP contribution in [-0.2, 0) is 13.6 Å². The summed E-state index contributed by atoms with van der Waals surface area (Å²) in [5.74, 6) is 3.80. The van der Waals surface area contributed by atoms with E-state index in [4.69, 9.17) is 4.99 Å². The Kier molecular flexibility index (Phi) is 8.50. The molecule has 3 heterocycles. The number of nitrogens with zero attached hydrogens (tertiary/aromatic N) is 6. The number of halogens is 1. The van der Waals surface area contributed by atoms with Crippen molar-refractivity contribution in [3.63, 3.8) is 0 Å². The Morgan fingerprint density at radius 3 is 2.32 bits per heavy atom. The second-order valence-electron chi connectivity index (χ2n) is 8.56. The van der Waals surface area contributed by atoms with Gasteiger partial charge in [0.1, 0.15) is 18.2 Å². The van der Waals surface area contributed by atoms with Gasteiger partial charge < -0.3 is 20.1 Å². The predicted molar refractivity (Wildman–Crippen MR) is 135 cm³/mol. The first-order valence-corrected chi connectivity index (χ1v) is 11.2. The van der Waals surface area contributed by atoms with E-state index in [1.807, 2.05) is 31.5 Å². The number of hydrogen-bond donors (Lipinski definition) is 2. The Labute approximate surface area is 202 Å². The summed E-state index contributed by atoms with van der Waals surface area (Å²) in [6.07, 6.45) is 7.20. The van der Waals surface area contributed by atoms with Crippen molar-refractivity contribution < 1.29 is 0 Å². The first-order valence-electron chi connectivity index (χ1n) is 11.2. The molecule has 0 bridgehead atoms. The molecule has 0 spiro atoms.